The molecule has 1 aromatic heterocycles. The maximum Gasteiger partial charge on any atom is 0.416 e. The van der Waals surface area contributed by atoms with E-state index in [1.807, 2.05) is 4.90 Å². The second-order valence-corrected chi connectivity index (χ2v) is 9.43. The van der Waals surface area contributed by atoms with E-state index in [4.69, 9.17) is 0 Å². The smallest absolute Gasteiger partial charge is 0.416 e. The van der Waals surface area contributed by atoms with Gasteiger partial charge in [0.2, 0.25) is 5.95 Å². The largest absolute Gasteiger partial charge is 0.478 e. The van der Waals surface area contributed by atoms with Gasteiger partial charge < -0.3 is 20.2 Å². The Labute approximate surface area is 231 Å². The Morgan fingerprint density at radius 3 is 2.05 bits per heavy atom. The molecule has 0 bridgehead atoms. The van der Waals surface area contributed by atoms with Crippen LogP contribution in [0.4, 0.5) is 36.7 Å². The van der Waals surface area contributed by atoms with Crippen molar-refractivity contribution in [2.75, 3.05) is 45.2 Å². The summed E-state index contributed by atoms with van der Waals surface area (Å²) in [6, 6.07) is 5.76. The second kappa shape index (κ2) is 12.8. The summed E-state index contributed by atoms with van der Waals surface area (Å²) in [5.74, 6) is -0.952. The first-order valence-electron chi connectivity index (χ1n) is 12.3. The Balaban J connectivity index is 0.000000241. The number of halogens is 7. The summed E-state index contributed by atoms with van der Waals surface area (Å²) < 4.78 is 87.7. The lowest BCUT2D eigenvalue weighted by Gasteiger charge is -2.32. The molecule has 0 spiro atoms. The second-order valence-electron chi connectivity index (χ2n) is 9.43. The SMILES string of the molecule is CNCc1cc(C(F)(F)F)cc(C(F)(F)F)c1.Cc1cc(F)ccc1-c1nc(N2CCN(C)CC2)ncc1C(=O)O. The normalized spacial score (nSPS) is 14.4. The van der Waals surface area contributed by atoms with Crippen molar-refractivity contribution in [2.24, 2.45) is 0 Å². The molecule has 1 aliphatic rings. The van der Waals surface area contributed by atoms with Crippen LogP contribution >= 0.6 is 0 Å². The third kappa shape index (κ3) is 8.36. The molecule has 0 atom stereocenters. The zero-order chi connectivity index (χ0) is 30.5. The van der Waals surface area contributed by atoms with Crippen molar-refractivity contribution >= 4 is 11.9 Å². The Morgan fingerprint density at radius 1 is 0.976 bits per heavy atom. The fourth-order valence-corrected chi connectivity index (χ4v) is 4.11. The van der Waals surface area contributed by atoms with Crippen LogP contribution in [-0.4, -0.2) is 66.2 Å². The molecule has 2 aromatic carbocycles. The summed E-state index contributed by atoms with van der Waals surface area (Å²) in [5.41, 5.74) is -1.07. The maximum atomic E-state index is 13.4. The molecule has 7 nitrogen and oxygen atoms in total. The number of anilines is 1. The lowest BCUT2D eigenvalue weighted by atomic mass is 10.0. The van der Waals surface area contributed by atoms with E-state index in [-0.39, 0.29) is 29.6 Å². The fraction of sp³-hybridized carbons (Fsp3) is 0.370. The highest BCUT2D eigenvalue weighted by Crippen LogP contribution is 2.36. The predicted molar refractivity (Wildman–Crippen MR) is 138 cm³/mol. The molecule has 0 unspecified atom stereocenters. The van der Waals surface area contributed by atoms with Gasteiger partial charge in [0, 0.05) is 44.5 Å². The molecule has 2 N–H and O–H groups in total. The van der Waals surface area contributed by atoms with E-state index in [0.29, 0.717) is 34.9 Å². The highest BCUT2D eigenvalue weighted by Gasteiger charge is 2.36. The number of rotatable bonds is 5. The van der Waals surface area contributed by atoms with E-state index in [2.05, 4.69) is 27.2 Å². The van der Waals surface area contributed by atoms with Gasteiger partial charge in [0.25, 0.3) is 0 Å². The molecule has 4 rings (SSSR count). The predicted octanol–water partition coefficient (Wildman–Crippen LogP) is 5.48. The first-order valence-corrected chi connectivity index (χ1v) is 12.3. The molecule has 2 heterocycles. The van der Waals surface area contributed by atoms with Gasteiger partial charge in [-0.05, 0) is 68.5 Å². The van der Waals surface area contributed by atoms with Crippen LogP contribution in [0.2, 0.25) is 0 Å². The van der Waals surface area contributed by atoms with Gasteiger partial charge in [-0.3, -0.25) is 0 Å². The van der Waals surface area contributed by atoms with E-state index in [1.54, 1.807) is 13.0 Å². The Morgan fingerprint density at radius 2 is 1.56 bits per heavy atom. The van der Waals surface area contributed by atoms with Crippen molar-refractivity contribution in [1.29, 1.82) is 0 Å². The molecule has 0 aliphatic carbocycles. The van der Waals surface area contributed by atoms with Gasteiger partial charge in [0.1, 0.15) is 11.4 Å². The quantitative estimate of drug-likeness (QED) is 0.383. The zero-order valence-electron chi connectivity index (χ0n) is 22.4. The van der Waals surface area contributed by atoms with Crippen LogP contribution in [-0.2, 0) is 18.9 Å². The number of likely N-dealkylation sites (N-methyl/N-ethyl adjacent to an activating group) is 1. The summed E-state index contributed by atoms with van der Waals surface area (Å²) >= 11 is 0. The molecule has 41 heavy (non-hydrogen) atoms. The lowest BCUT2D eigenvalue weighted by molar-refractivity contribution is -0.143. The fourth-order valence-electron chi connectivity index (χ4n) is 4.11. The highest BCUT2D eigenvalue weighted by atomic mass is 19.4. The summed E-state index contributed by atoms with van der Waals surface area (Å²) in [6.45, 7) is 5.04. The van der Waals surface area contributed by atoms with Gasteiger partial charge in [-0.1, -0.05) is 0 Å². The van der Waals surface area contributed by atoms with Gasteiger partial charge in [-0.2, -0.15) is 26.3 Å². The molecule has 0 amide bonds. The van der Waals surface area contributed by atoms with Crippen molar-refractivity contribution in [3.63, 3.8) is 0 Å². The zero-order valence-corrected chi connectivity index (χ0v) is 22.4. The number of piperazine rings is 1. The number of hydrogen-bond donors (Lipinski definition) is 2. The summed E-state index contributed by atoms with van der Waals surface area (Å²) in [6.07, 6.45) is -8.24. The van der Waals surface area contributed by atoms with E-state index >= 15 is 0 Å². The van der Waals surface area contributed by atoms with Crippen molar-refractivity contribution < 1.29 is 40.6 Å². The van der Waals surface area contributed by atoms with Crippen LogP contribution in [0, 0.1) is 12.7 Å². The van der Waals surface area contributed by atoms with Crippen molar-refractivity contribution in [1.82, 2.24) is 20.2 Å². The monoisotopic (exact) mass is 587 g/mol. The lowest BCUT2D eigenvalue weighted by Crippen LogP contribution is -2.45. The standard InChI is InChI=1S/C17H19FN4O2.C10H9F6N/c1-11-9-12(18)3-4-13(11)15-14(16(23)24)10-19-17(20-15)22-7-5-21(2)6-8-22;1-17-5-6-2-7(9(11,12)13)4-8(3-6)10(14,15)16/h3-4,9-10H,5-8H2,1-2H3,(H,23,24);2-4,17H,5H2,1H3. The van der Waals surface area contributed by atoms with Crippen molar-refractivity contribution in [2.45, 2.75) is 25.8 Å². The van der Waals surface area contributed by atoms with Crippen LogP contribution in [0.15, 0.2) is 42.6 Å². The Bertz CT molecular complexity index is 1340. The average molecular weight is 588 g/mol. The number of aromatic carboxylic acids is 1. The summed E-state index contributed by atoms with van der Waals surface area (Å²) in [7, 11) is 3.49. The van der Waals surface area contributed by atoms with E-state index in [0.717, 1.165) is 26.2 Å². The van der Waals surface area contributed by atoms with Gasteiger partial charge in [0.05, 0.1) is 16.8 Å². The third-order valence-corrected chi connectivity index (χ3v) is 6.26. The Kier molecular flexibility index (Phi) is 9.92. The van der Waals surface area contributed by atoms with Crippen molar-refractivity contribution in [3.05, 3.63) is 76.2 Å². The number of hydrogen-bond acceptors (Lipinski definition) is 6. The first kappa shape index (κ1) is 31.7. The average Bonchev–Trinajstić information content (AvgIpc) is 2.88. The molecule has 1 fully saturated rings. The molecular weight excluding hydrogens is 559 g/mol. The number of carbonyl (C=O) groups is 1. The first-order chi connectivity index (χ1) is 19.1. The molecule has 222 valence electrons. The number of nitrogens with one attached hydrogen (secondary N) is 1. The molecule has 1 aliphatic heterocycles. The van der Waals surface area contributed by atoms with Crippen LogP contribution in [0.1, 0.15) is 32.6 Å². The number of carboxylic acid groups (broad SMARTS) is 1. The molecule has 1 saturated heterocycles. The van der Waals surface area contributed by atoms with E-state index < -0.39 is 29.4 Å². The highest BCUT2D eigenvalue weighted by molar-refractivity contribution is 5.95. The minimum absolute atomic E-state index is 0.0163. The van der Waals surface area contributed by atoms with Gasteiger partial charge >= 0.3 is 18.3 Å². The van der Waals surface area contributed by atoms with E-state index in [1.165, 1.54) is 25.4 Å². The molecule has 0 saturated carbocycles. The number of alkyl halides is 6. The van der Waals surface area contributed by atoms with Gasteiger partial charge in [-0.25, -0.2) is 19.2 Å². The molecule has 14 heteroatoms. The summed E-state index contributed by atoms with van der Waals surface area (Å²) in [5, 5.41) is 11.9. The van der Waals surface area contributed by atoms with Gasteiger partial charge in [-0.15, -0.1) is 0 Å². The maximum absolute atomic E-state index is 13.4. The van der Waals surface area contributed by atoms with Crippen molar-refractivity contribution in [3.8, 4) is 11.3 Å². The van der Waals surface area contributed by atoms with Crippen LogP contribution in [0.25, 0.3) is 11.3 Å². The number of nitrogens with zero attached hydrogens (tertiary/aromatic N) is 4. The molecule has 3 aromatic rings. The molecular formula is C27H28F7N5O2. The minimum atomic E-state index is -4.79. The minimum Gasteiger partial charge on any atom is -0.478 e. The Hall–Kier alpha value is -3.78. The molecule has 0 radical (unpaired) electrons. The number of benzene rings is 2. The van der Waals surface area contributed by atoms with Crippen LogP contribution < -0.4 is 10.2 Å². The van der Waals surface area contributed by atoms with Crippen LogP contribution in [0.5, 0.6) is 0 Å². The van der Waals surface area contributed by atoms with Gasteiger partial charge in [0.15, 0.2) is 0 Å². The topological polar surface area (TPSA) is 81.6 Å². The number of aromatic nitrogens is 2. The summed E-state index contributed by atoms with van der Waals surface area (Å²) in [4.78, 5) is 24.5. The van der Waals surface area contributed by atoms with Crippen LogP contribution in [0.3, 0.4) is 0 Å². The van der Waals surface area contributed by atoms with E-state index in [9.17, 15) is 40.6 Å². The third-order valence-electron chi connectivity index (χ3n) is 6.26. The number of carboxylic acids is 1. The number of aryl methyl sites for hydroxylation is 1.